The van der Waals surface area contributed by atoms with Crippen LogP contribution in [0.3, 0.4) is 0 Å². The van der Waals surface area contributed by atoms with Crippen LogP contribution in [0, 0.1) is 0 Å². The molecule has 5 rings (SSSR count). The first kappa shape index (κ1) is 28.1. The lowest BCUT2D eigenvalue weighted by atomic mass is 9.98. The molecule has 0 aromatic carbocycles. The van der Waals surface area contributed by atoms with Crippen molar-refractivity contribution in [2.75, 3.05) is 0 Å². The summed E-state index contributed by atoms with van der Waals surface area (Å²) in [6, 6.07) is 6.72. The molecule has 5 heteroatoms. The quantitative estimate of drug-likeness (QED) is 0.364. The van der Waals surface area contributed by atoms with Crippen LogP contribution >= 0.6 is 0 Å². The Morgan fingerprint density at radius 2 is 0.800 bits per heavy atom. The van der Waals surface area contributed by atoms with Crippen LogP contribution in [0.4, 0.5) is 0 Å². The van der Waals surface area contributed by atoms with Gasteiger partial charge in [0.15, 0.2) is 0 Å². The van der Waals surface area contributed by atoms with Crippen LogP contribution in [0.1, 0.15) is 140 Å². The summed E-state index contributed by atoms with van der Waals surface area (Å²) in [5.74, 6) is 1.39. The Labute approximate surface area is 239 Å². The van der Waals surface area contributed by atoms with E-state index in [1.54, 1.807) is 0 Å². The minimum Gasteiger partial charge on any atom is -0.420 e. The minimum absolute atomic E-state index is 0.691. The third-order valence-electron chi connectivity index (χ3n) is 8.67. The fourth-order valence-electron chi connectivity index (χ4n) is 6.75. The van der Waals surface area contributed by atoms with Crippen molar-refractivity contribution in [3.05, 3.63) is 63.9 Å². The second kappa shape index (κ2) is 11.6. The van der Waals surface area contributed by atoms with Gasteiger partial charge in [0, 0.05) is 22.2 Å². The maximum atomic E-state index is 6.65. The molecule has 1 N–H and O–H groups in total. The maximum absolute atomic E-state index is 6.65. The zero-order valence-electron chi connectivity index (χ0n) is 25.6. The van der Waals surface area contributed by atoms with Crippen molar-refractivity contribution in [2.24, 2.45) is 0 Å². The average Bonchev–Trinajstić information content (AvgIpc) is 3.67. The lowest BCUT2D eigenvalue weighted by Gasteiger charge is -2.04. The van der Waals surface area contributed by atoms with Gasteiger partial charge in [-0.05, 0) is 103 Å². The molecule has 210 valence electrons. The van der Waals surface area contributed by atoms with Gasteiger partial charge in [-0.2, -0.15) is 0 Å². The van der Waals surface area contributed by atoms with Crippen molar-refractivity contribution in [2.45, 2.75) is 107 Å². The molecule has 2 aromatic heterocycles. The molecule has 8 bridgehead atoms. The second-order valence-corrected chi connectivity index (χ2v) is 10.6. The number of allylic oxidation sites excluding steroid dienone is 6. The molecular weight excluding hydrogens is 492 g/mol. The molecule has 3 aliphatic rings. The topological polar surface area (TPSA) is 67.6 Å². The lowest BCUT2D eigenvalue weighted by Crippen LogP contribution is -1.87. The molecule has 5 nitrogen and oxygen atoms in total. The first-order chi connectivity index (χ1) is 19.5. The number of nitrogens with one attached hydrogen (secondary N) is 1. The lowest BCUT2D eigenvalue weighted by molar-refractivity contribution is 0.488. The summed E-state index contributed by atoms with van der Waals surface area (Å²) >= 11 is 0. The largest absolute Gasteiger partial charge is 0.420 e. The summed E-state index contributed by atoms with van der Waals surface area (Å²) in [6.45, 7) is 17.8. The number of aryl methyl sites for hydroxylation is 2. The molecule has 0 saturated carbocycles. The number of hydrogen-bond acceptors (Lipinski definition) is 4. The van der Waals surface area contributed by atoms with Gasteiger partial charge in [0.1, 0.15) is 0 Å². The summed E-state index contributed by atoms with van der Waals surface area (Å²) in [5, 5.41) is 0. The number of nitrogens with zero attached hydrogens (tertiary/aromatic N) is 3. The fraction of sp³-hybridized carbons (Fsp3) is 0.457. The van der Waals surface area contributed by atoms with Crippen LogP contribution in [0.25, 0.3) is 44.5 Å². The molecule has 2 aromatic rings. The number of rotatable bonds is 8. The zero-order valence-corrected chi connectivity index (χ0v) is 25.6. The van der Waals surface area contributed by atoms with E-state index in [0.29, 0.717) is 11.8 Å². The van der Waals surface area contributed by atoms with E-state index in [-0.39, 0.29) is 0 Å². The smallest absolute Gasteiger partial charge is 0.225 e. The Balaban J connectivity index is 2.00. The summed E-state index contributed by atoms with van der Waals surface area (Å²) in [4.78, 5) is 19.2. The molecule has 3 aliphatic heterocycles. The third kappa shape index (κ3) is 4.53. The molecule has 0 fully saturated rings. The summed E-state index contributed by atoms with van der Waals surface area (Å²) in [5.41, 5.74) is 16.6. The van der Waals surface area contributed by atoms with E-state index in [1.165, 1.54) is 44.6 Å². The molecule has 0 radical (unpaired) electrons. The van der Waals surface area contributed by atoms with Crippen molar-refractivity contribution >= 4 is 44.5 Å². The Morgan fingerprint density at radius 1 is 0.450 bits per heavy atom. The molecule has 0 amide bonds. The van der Waals surface area contributed by atoms with Crippen LogP contribution in [-0.4, -0.2) is 19.9 Å². The molecule has 0 unspecified atom stereocenters. The average molecular weight is 537 g/mol. The number of aromatic amines is 1. The van der Waals surface area contributed by atoms with Crippen molar-refractivity contribution in [1.29, 1.82) is 0 Å². The van der Waals surface area contributed by atoms with Gasteiger partial charge in [-0.25, -0.2) is 15.0 Å². The monoisotopic (exact) mass is 536 g/mol. The highest BCUT2D eigenvalue weighted by Gasteiger charge is 2.25. The van der Waals surface area contributed by atoms with Crippen LogP contribution in [0.15, 0.2) is 22.6 Å². The molecule has 0 spiro atoms. The minimum atomic E-state index is 0.691. The van der Waals surface area contributed by atoms with Gasteiger partial charge in [0.05, 0.1) is 22.8 Å². The van der Waals surface area contributed by atoms with Crippen molar-refractivity contribution in [1.82, 2.24) is 19.9 Å². The number of H-pyrrole nitrogens is 1. The van der Waals surface area contributed by atoms with E-state index < -0.39 is 0 Å². The highest BCUT2D eigenvalue weighted by molar-refractivity contribution is 5.96. The van der Waals surface area contributed by atoms with E-state index in [4.69, 9.17) is 19.4 Å². The number of hydrogen-bond donors (Lipinski definition) is 1. The predicted octanol–water partition coefficient (Wildman–Crippen LogP) is 10.0. The number of fused-ring (bicyclic) bond motifs is 8. The Morgan fingerprint density at radius 3 is 1.20 bits per heavy atom. The number of aromatic nitrogens is 4. The van der Waals surface area contributed by atoms with E-state index in [1.807, 2.05) is 0 Å². The van der Waals surface area contributed by atoms with Crippen molar-refractivity contribution in [3.63, 3.8) is 0 Å². The molecule has 0 atom stereocenters. The Kier molecular flexibility index (Phi) is 8.11. The molecule has 0 saturated heterocycles. The van der Waals surface area contributed by atoms with E-state index in [2.05, 4.69) is 78.6 Å². The maximum Gasteiger partial charge on any atom is 0.225 e. The Hall–Kier alpha value is -3.47. The highest BCUT2D eigenvalue weighted by Crippen LogP contribution is 2.40. The normalized spacial score (nSPS) is 14.5. The van der Waals surface area contributed by atoms with Gasteiger partial charge >= 0.3 is 0 Å². The standard InChI is InChI=1S/C35H44N4O/c1-9-20-22(11-3)30-18-32-24(13-5)26(15-7)34(38-32)40-35-27(16-8)25(14-6)33(39-35)19-31-23(12-4)21(10-2)29(37-31)17-28(20)36-30/h17-19,36H,9-16H2,1-8H3. The van der Waals surface area contributed by atoms with Gasteiger partial charge < -0.3 is 9.40 Å². The highest BCUT2D eigenvalue weighted by atomic mass is 16.4. The van der Waals surface area contributed by atoms with Crippen LogP contribution in [0.5, 0.6) is 0 Å². The van der Waals surface area contributed by atoms with Gasteiger partial charge in [-0.1, -0.05) is 55.4 Å². The van der Waals surface area contributed by atoms with E-state index in [9.17, 15) is 0 Å². The molecule has 40 heavy (non-hydrogen) atoms. The Bertz CT molecular complexity index is 1510. The van der Waals surface area contributed by atoms with E-state index >= 15 is 0 Å². The summed E-state index contributed by atoms with van der Waals surface area (Å²) < 4.78 is 6.65. The predicted molar refractivity (Wildman–Crippen MR) is 169 cm³/mol. The third-order valence-corrected chi connectivity index (χ3v) is 8.67. The summed E-state index contributed by atoms with van der Waals surface area (Å²) in [6.07, 6.45) is 7.33. The summed E-state index contributed by atoms with van der Waals surface area (Å²) in [7, 11) is 0. The SMILES string of the molecule is CCC1=C(CC)c2cc3[nH]c(cc4nc(oc5nc(cc1n2)C(CC)=C5CC)C(CC)=C4CC)c(CC)c3CC. The van der Waals surface area contributed by atoms with Crippen LogP contribution in [-0.2, 0) is 12.8 Å². The molecule has 0 aliphatic carbocycles. The van der Waals surface area contributed by atoms with Gasteiger partial charge in [-0.3, -0.25) is 0 Å². The fourth-order valence-corrected chi connectivity index (χ4v) is 6.75. The van der Waals surface area contributed by atoms with Gasteiger partial charge in [-0.15, -0.1) is 0 Å². The molecular formula is C35H44N4O. The second-order valence-electron chi connectivity index (χ2n) is 10.6. The van der Waals surface area contributed by atoms with Crippen molar-refractivity contribution in [3.8, 4) is 0 Å². The van der Waals surface area contributed by atoms with Crippen LogP contribution < -0.4 is 0 Å². The van der Waals surface area contributed by atoms with Gasteiger partial charge in [0.2, 0.25) is 11.8 Å². The first-order valence-electron chi connectivity index (χ1n) is 15.5. The van der Waals surface area contributed by atoms with E-state index in [0.717, 1.165) is 85.2 Å². The van der Waals surface area contributed by atoms with Crippen LogP contribution in [0.2, 0.25) is 0 Å². The van der Waals surface area contributed by atoms with Gasteiger partial charge in [0.25, 0.3) is 0 Å². The zero-order chi connectivity index (χ0) is 28.6. The first-order valence-corrected chi connectivity index (χ1v) is 15.5. The molecule has 5 heterocycles. The van der Waals surface area contributed by atoms with Crippen molar-refractivity contribution < 1.29 is 4.42 Å².